The summed E-state index contributed by atoms with van der Waals surface area (Å²) in [6.07, 6.45) is 4.49. The summed E-state index contributed by atoms with van der Waals surface area (Å²) in [6.45, 7) is 5.97. The van der Waals surface area contributed by atoms with Gasteiger partial charge in [0.1, 0.15) is 0 Å². The van der Waals surface area contributed by atoms with Crippen LogP contribution in [0.3, 0.4) is 0 Å². The molecule has 0 fully saturated rings. The first-order chi connectivity index (χ1) is 9.60. The number of allylic oxidation sites excluding steroid dienone is 1. The van der Waals surface area contributed by atoms with Gasteiger partial charge in [0, 0.05) is 5.56 Å². The van der Waals surface area contributed by atoms with Crippen LogP contribution in [0.15, 0.2) is 36.9 Å². The summed E-state index contributed by atoms with van der Waals surface area (Å²) in [4.78, 5) is 22.9. The minimum atomic E-state index is -1.38. The normalized spacial score (nSPS) is 11.7. The number of hydrogen-bond donors (Lipinski definition) is 0. The molecule has 0 N–H and O–H groups in total. The van der Waals surface area contributed by atoms with E-state index in [1.54, 1.807) is 12.1 Å². The molecule has 4 nitrogen and oxygen atoms in total. The van der Waals surface area contributed by atoms with E-state index in [2.05, 4.69) is 6.58 Å². The van der Waals surface area contributed by atoms with E-state index in [-0.39, 0.29) is 23.7 Å². The van der Waals surface area contributed by atoms with Crippen molar-refractivity contribution in [2.45, 2.75) is 26.2 Å². The van der Waals surface area contributed by atoms with Crippen LogP contribution in [-0.2, 0) is 4.74 Å². The van der Waals surface area contributed by atoms with Crippen LogP contribution in [0.4, 0.5) is 0 Å². The summed E-state index contributed by atoms with van der Waals surface area (Å²) in [7, 11) is 0. The second kappa shape index (κ2) is 8.15. The van der Waals surface area contributed by atoms with Crippen LogP contribution in [-0.4, -0.2) is 18.5 Å². The minimum Gasteiger partial charge on any atom is -0.545 e. The summed E-state index contributed by atoms with van der Waals surface area (Å²) in [5.74, 6) is -1.75. The van der Waals surface area contributed by atoms with Gasteiger partial charge >= 0.3 is 5.97 Å². The van der Waals surface area contributed by atoms with Gasteiger partial charge in [0.15, 0.2) is 0 Å². The molecular weight excluding hydrogens is 256 g/mol. The molecule has 1 aromatic carbocycles. The molecule has 0 heterocycles. The maximum absolute atomic E-state index is 11.9. The van der Waals surface area contributed by atoms with E-state index in [0.29, 0.717) is 0 Å². The number of aromatic carboxylic acids is 1. The second-order valence-electron chi connectivity index (χ2n) is 4.57. The molecule has 1 atom stereocenters. The molecule has 1 unspecified atom stereocenters. The van der Waals surface area contributed by atoms with Crippen LogP contribution in [0.5, 0.6) is 0 Å². The maximum atomic E-state index is 11.9. The summed E-state index contributed by atoms with van der Waals surface area (Å²) >= 11 is 0. The number of rotatable bonds is 8. The zero-order chi connectivity index (χ0) is 15.0. The van der Waals surface area contributed by atoms with Gasteiger partial charge in [-0.15, -0.1) is 6.58 Å². The molecule has 20 heavy (non-hydrogen) atoms. The van der Waals surface area contributed by atoms with Crippen molar-refractivity contribution in [2.24, 2.45) is 5.92 Å². The Hall–Kier alpha value is -2.10. The Morgan fingerprint density at radius 1 is 1.35 bits per heavy atom. The lowest BCUT2D eigenvalue weighted by molar-refractivity contribution is -0.255. The molecule has 1 aromatic rings. The third-order valence-corrected chi connectivity index (χ3v) is 3.17. The average Bonchev–Trinajstić information content (AvgIpc) is 2.47. The van der Waals surface area contributed by atoms with E-state index in [0.717, 1.165) is 19.3 Å². The van der Waals surface area contributed by atoms with Crippen LogP contribution in [0.25, 0.3) is 0 Å². The van der Waals surface area contributed by atoms with Gasteiger partial charge in [-0.3, -0.25) is 0 Å². The molecule has 0 radical (unpaired) electrons. The molecule has 1 rings (SSSR count). The zero-order valence-electron chi connectivity index (χ0n) is 11.6. The smallest absolute Gasteiger partial charge is 0.338 e. The molecule has 4 heteroatoms. The van der Waals surface area contributed by atoms with Crippen LogP contribution in [0, 0.1) is 5.92 Å². The predicted molar refractivity (Wildman–Crippen MR) is 74.3 cm³/mol. The third-order valence-electron chi connectivity index (χ3n) is 3.17. The van der Waals surface area contributed by atoms with E-state index >= 15 is 0 Å². The topological polar surface area (TPSA) is 66.4 Å². The zero-order valence-corrected chi connectivity index (χ0v) is 11.6. The number of esters is 1. The van der Waals surface area contributed by atoms with Crippen LogP contribution >= 0.6 is 0 Å². The van der Waals surface area contributed by atoms with Crippen molar-refractivity contribution in [3.05, 3.63) is 48.0 Å². The van der Waals surface area contributed by atoms with Crippen LogP contribution < -0.4 is 5.11 Å². The summed E-state index contributed by atoms with van der Waals surface area (Å²) in [6, 6.07) is 5.90. The van der Waals surface area contributed by atoms with Gasteiger partial charge in [-0.05, 0) is 24.8 Å². The molecular formula is C16H19O4-. The van der Waals surface area contributed by atoms with Gasteiger partial charge in [-0.1, -0.05) is 37.6 Å². The van der Waals surface area contributed by atoms with Gasteiger partial charge in [-0.25, -0.2) is 4.79 Å². The lowest BCUT2D eigenvalue weighted by Crippen LogP contribution is -2.25. The van der Waals surface area contributed by atoms with E-state index < -0.39 is 11.9 Å². The molecule has 0 aliphatic heterocycles. The number of benzene rings is 1. The minimum absolute atomic E-state index is 0.0334. The molecule has 0 spiro atoms. The van der Waals surface area contributed by atoms with Gasteiger partial charge in [-0.2, -0.15) is 0 Å². The van der Waals surface area contributed by atoms with E-state index in [1.807, 2.05) is 13.0 Å². The predicted octanol–water partition coefficient (Wildman–Crippen LogP) is 2.20. The van der Waals surface area contributed by atoms with Crippen molar-refractivity contribution in [1.29, 1.82) is 0 Å². The highest BCUT2D eigenvalue weighted by atomic mass is 16.5. The fourth-order valence-electron chi connectivity index (χ4n) is 1.87. The summed E-state index contributed by atoms with van der Waals surface area (Å²) in [5, 5.41) is 10.9. The molecule has 0 saturated heterocycles. The summed E-state index contributed by atoms with van der Waals surface area (Å²) < 4.78 is 5.20. The number of carbonyl (C=O) groups is 2. The molecule has 108 valence electrons. The van der Waals surface area contributed by atoms with Gasteiger partial charge < -0.3 is 14.6 Å². The van der Waals surface area contributed by atoms with Gasteiger partial charge in [0.2, 0.25) is 0 Å². The van der Waals surface area contributed by atoms with E-state index in [1.165, 1.54) is 12.1 Å². The van der Waals surface area contributed by atoms with Crippen molar-refractivity contribution in [3.8, 4) is 0 Å². The van der Waals surface area contributed by atoms with Crippen LogP contribution in [0.2, 0.25) is 0 Å². The molecule has 0 aliphatic rings. The highest BCUT2D eigenvalue weighted by molar-refractivity contribution is 6.01. The highest BCUT2D eigenvalue weighted by Gasteiger charge is 2.15. The molecule has 0 aromatic heterocycles. The Morgan fingerprint density at radius 3 is 2.55 bits per heavy atom. The Balaban J connectivity index is 2.67. The molecule has 0 amide bonds. The Bertz CT molecular complexity index is 479. The Morgan fingerprint density at radius 2 is 2.00 bits per heavy atom. The standard InChI is InChI=1S/C16H20O4/c1-3-5-8-12(4-2)11-20-16(19)14-10-7-6-9-13(14)15(17)18/h3,6-7,9-10,12H,1,4-5,8,11H2,2H3,(H,17,18)/p-1. The number of hydrogen-bond acceptors (Lipinski definition) is 4. The Kier molecular flexibility index (Phi) is 6.50. The monoisotopic (exact) mass is 275 g/mol. The van der Waals surface area contributed by atoms with Crippen molar-refractivity contribution in [1.82, 2.24) is 0 Å². The lowest BCUT2D eigenvalue weighted by atomic mass is 10.0. The number of carboxylic acids is 1. The molecule has 0 bridgehead atoms. The van der Waals surface area contributed by atoms with Crippen molar-refractivity contribution < 1.29 is 19.4 Å². The van der Waals surface area contributed by atoms with Crippen molar-refractivity contribution in [2.75, 3.05) is 6.61 Å². The van der Waals surface area contributed by atoms with Gasteiger partial charge in [0.25, 0.3) is 0 Å². The number of ether oxygens (including phenoxy) is 1. The maximum Gasteiger partial charge on any atom is 0.338 e. The van der Waals surface area contributed by atoms with Crippen LogP contribution in [0.1, 0.15) is 46.9 Å². The number of carboxylic acid groups (broad SMARTS) is 1. The van der Waals surface area contributed by atoms with E-state index in [9.17, 15) is 14.7 Å². The largest absolute Gasteiger partial charge is 0.545 e. The highest BCUT2D eigenvalue weighted by Crippen LogP contribution is 2.14. The first-order valence-corrected chi connectivity index (χ1v) is 6.68. The summed E-state index contributed by atoms with van der Waals surface area (Å²) in [5.41, 5.74) is -0.109. The molecule has 0 aliphatic carbocycles. The van der Waals surface area contributed by atoms with Crippen molar-refractivity contribution >= 4 is 11.9 Å². The average molecular weight is 275 g/mol. The van der Waals surface area contributed by atoms with Gasteiger partial charge in [0.05, 0.1) is 18.1 Å². The lowest BCUT2D eigenvalue weighted by Gasteiger charge is -2.15. The molecule has 0 saturated carbocycles. The first kappa shape index (κ1) is 16.0. The second-order valence-corrected chi connectivity index (χ2v) is 4.57. The van der Waals surface area contributed by atoms with E-state index in [4.69, 9.17) is 4.74 Å². The number of carbonyl (C=O) groups excluding carboxylic acids is 2. The third kappa shape index (κ3) is 4.53. The fraction of sp³-hybridized carbons (Fsp3) is 0.375. The van der Waals surface area contributed by atoms with Crippen molar-refractivity contribution in [3.63, 3.8) is 0 Å². The quantitative estimate of drug-likeness (QED) is 0.539. The Labute approximate surface area is 119 Å². The SMILES string of the molecule is C=CCCC(CC)COC(=O)c1ccccc1C(=O)[O-]. The fourth-order valence-corrected chi connectivity index (χ4v) is 1.87. The first-order valence-electron chi connectivity index (χ1n) is 6.68.